The molecule has 0 aromatic heterocycles. The van der Waals surface area contributed by atoms with Crippen molar-refractivity contribution < 1.29 is 9.53 Å². The molecule has 1 aliphatic carbocycles. The number of hydrogen-bond donors (Lipinski definition) is 0. The molecule has 0 unspecified atom stereocenters. The van der Waals surface area contributed by atoms with Crippen LogP contribution in [0.25, 0.3) is 0 Å². The molecule has 0 aromatic rings. The van der Waals surface area contributed by atoms with Gasteiger partial charge in [0, 0.05) is 25.6 Å². The van der Waals surface area contributed by atoms with E-state index in [1.807, 2.05) is 0 Å². The molecule has 1 atom stereocenters. The molecule has 2 aliphatic rings. The zero-order valence-electron chi connectivity index (χ0n) is 12.4. The summed E-state index contributed by atoms with van der Waals surface area (Å²) in [6, 6.07) is 0. The molecular weight excluding hydrogens is 240 g/mol. The molecule has 4 nitrogen and oxygen atoms in total. The second-order valence-electron chi connectivity index (χ2n) is 6.20. The van der Waals surface area contributed by atoms with Gasteiger partial charge in [0.1, 0.15) is 0 Å². The average molecular weight is 268 g/mol. The van der Waals surface area contributed by atoms with Gasteiger partial charge in [0.05, 0.1) is 12.7 Å². The molecule has 0 spiro atoms. The smallest absolute Gasteiger partial charge is 0.225 e. The largest absolute Gasteiger partial charge is 0.374 e. The van der Waals surface area contributed by atoms with Gasteiger partial charge in [-0.2, -0.15) is 0 Å². The second kappa shape index (κ2) is 7.25. The summed E-state index contributed by atoms with van der Waals surface area (Å²) in [4.78, 5) is 16.7. The van der Waals surface area contributed by atoms with Gasteiger partial charge in [-0.1, -0.05) is 19.3 Å². The Morgan fingerprint density at radius 3 is 2.68 bits per heavy atom. The quantitative estimate of drug-likeness (QED) is 0.778. The molecule has 2 fully saturated rings. The van der Waals surface area contributed by atoms with Crippen molar-refractivity contribution in [2.24, 2.45) is 5.92 Å². The number of ether oxygens (including phenoxy) is 1. The third kappa shape index (κ3) is 4.46. The van der Waals surface area contributed by atoms with Gasteiger partial charge in [-0.05, 0) is 33.4 Å². The molecule has 0 N–H and O–H groups in total. The van der Waals surface area contributed by atoms with E-state index in [1.54, 1.807) is 0 Å². The van der Waals surface area contributed by atoms with E-state index in [0.29, 0.717) is 18.4 Å². The number of carbonyl (C=O) groups excluding carboxylic acids is 1. The maximum Gasteiger partial charge on any atom is 0.225 e. The van der Waals surface area contributed by atoms with Gasteiger partial charge >= 0.3 is 0 Å². The maximum atomic E-state index is 12.5. The summed E-state index contributed by atoms with van der Waals surface area (Å²) in [5, 5.41) is 0. The van der Waals surface area contributed by atoms with Gasteiger partial charge in [-0.15, -0.1) is 0 Å². The molecule has 1 saturated carbocycles. The Kier molecular flexibility index (Phi) is 5.64. The molecule has 0 aromatic carbocycles. The number of hydrogen-bond acceptors (Lipinski definition) is 3. The first-order valence-corrected chi connectivity index (χ1v) is 7.72. The monoisotopic (exact) mass is 268 g/mol. The fourth-order valence-electron chi connectivity index (χ4n) is 3.10. The summed E-state index contributed by atoms with van der Waals surface area (Å²) < 4.78 is 5.78. The van der Waals surface area contributed by atoms with Crippen LogP contribution >= 0.6 is 0 Å². The molecule has 0 bridgehead atoms. The van der Waals surface area contributed by atoms with Gasteiger partial charge in [-0.25, -0.2) is 0 Å². The van der Waals surface area contributed by atoms with E-state index in [2.05, 4.69) is 23.9 Å². The minimum atomic E-state index is 0.226. The Morgan fingerprint density at radius 2 is 2.00 bits per heavy atom. The molecule has 2 rings (SSSR count). The Bertz CT molecular complexity index is 288. The minimum absolute atomic E-state index is 0.226. The normalized spacial score (nSPS) is 25.8. The summed E-state index contributed by atoms with van der Waals surface area (Å²) in [5.41, 5.74) is 0. The predicted molar refractivity (Wildman–Crippen MR) is 76.1 cm³/mol. The molecule has 1 heterocycles. The van der Waals surface area contributed by atoms with Gasteiger partial charge in [0.25, 0.3) is 0 Å². The Morgan fingerprint density at radius 1 is 1.26 bits per heavy atom. The minimum Gasteiger partial charge on any atom is -0.374 e. The molecule has 1 saturated heterocycles. The third-order valence-corrected chi connectivity index (χ3v) is 4.30. The molecule has 4 heteroatoms. The second-order valence-corrected chi connectivity index (χ2v) is 6.20. The van der Waals surface area contributed by atoms with Crippen LogP contribution in [-0.2, 0) is 9.53 Å². The van der Waals surface area contributed by atoms with Crippen LogP contribution < -0.4 is 0 Å². The first kappa shape index (κ1) is 14.8. The lowest BCUT2D eigenvalue weighted by atomic mass is 9.88. The predicted octanol–water partition coefficient (Wildman–Crippen LogP) is 1.75. The Hall–Kier alpha value is -0.610. The van der Waals surface area contributed by atoms with Crippen molar-refractivity contribution in [3.63, 3.8) is 0 Å². The molecule has 1 amide bonds. The first-order chi connectivity index (χ1) is 9.16. The fourth-order valence-corrected chi connectivity index (χ4v) is 3.10. The van der Waals surface area contributed by atoms with Crippen molar-refractivity contribution in [1.82, 2.24) is 9.80 Å². The van der Waals surface area contributed by atoms with Crippen molar-refractivity contribution in [2.45, 2.75) is 44.6 Å². The van der Waals surface area contributed by atoms with Crippen molar-refractivity contribution in [3.05, 3.63) is 0 Å². The van der Waals surface area contributed by atoms with Crippen LogP contribution in [0.2, 0.25) is 0 Å². The fraction of sp³-hybridized carbons (Fsp3) is 0.933. The Labute approximate surface area is 117 Å². The Balaban J connectivity index is 1.80. The summed E-state index contributed by atoms with van der Waals surface area (Å²) in [6.07, 6.45) is 7.19. The van der Waals surface area contributed by atoms with E-state index in [1.165, 1.54) is 19.3 Å². The van der Waals surface area contributed by atoms with Crippen LogP contribution in [0, 0.1) is 5.92 Å². The summed E-state index contributed by atoms with van der Waals surface area (Å²) >= 11 is 0. The SMILES string of the molecule is CN(C)CC[C@H]1CN(C(=O)C2CCCCC2)CCO1. The van der Waals surface area contributed by atoms with Gasteiger partial charge in [-0.3, -0.25) is 4.79 Å². The highest BCUT2D eigenvalue weighted by atomic mass is 16.5. The van der Waals surface area contributed by atoms with Gasteiger partial charge in [0.2, 0.25) is 5.91 Å². The standard InChI is InChI=1S/C15H28N2O2/c1-16(2)9-8-14-12-17(10-11-19-14)15(18)13-6-4-3-5-7-13/h13-14H,3-12H2,1-2H3/t14-/m0/s1. The van der Waals surface area contributed by atoms with Crippen LogP contribution in [-0.4, -0.2) is 62.1 Å². The third-order valence-electron chi connectivity index (χ3n) is 4.30. The molecule has 110 valence electrons. The lowest BCUT2D eigenvalue weighted by Gasteiger charge is -2.36. The molecule has 1 aliphatic heterocycles. The van der Waals surface area contributed by atoms with Crippen LogP contribution in [0.4, 0.5) is 0 Å². The topological polar surface area (TPSA) is 32.8 Å². The van der Waals surface area contributed by atoms with Crippen molar-refractivity contribution in [2.75, 3.05) is 40.3 Å². The number of amides is 1. The van der Waals surface area contributed by atoms with Crippen molar-refractivity contribution in [3.8, 4) is 0 Å². The van der Waals surface area contributed by atoms with Gasteiger partial charge < -0.3 is 14.5 Å². The highest BCUT2D eigenvalue weighted by molar-refractivity contribution is 5.79. The highest BCUT2D eigenvalue weighted by Crippen LogP contribution is 2.26. The zero-order valence-corrected chi connectivity index (χ0v) is 12.4. The lowest BCUT2D eigenvalue weighted by Crippen LogP contribution is -2.48. The number of rotatable bonds is 4. The molecule has 19 heavy (non-hydrogen) atoms. The summed E-state index contributed by atoms with van der Waals surface area (Å²) in [5.74, 6) is 0.680. The van der Waals surface area contributed by atoms with Crippen LogP contribution in [0.5, 0.6) is 0 Å². The van der Waals surface area contributed by atoms with E-state index in [-0.39, 0.29) is 6.10 Å². The van der Waals surface area contributed by atoms with Gasteiger partial charge in [0.15, 0.2) is 0 Å². The summed E-state index contributed by atoms with van der Waals surface area (Å²) in [6.45, 7) is 3.31. The van der Waals surface area contributed by atoms with E-state index < -0.39 is 0 Å². The highest BCUT2D eigenvalue weighted by Gasteiger charge is 2.29. The summed E-state index contributed by atoms with van der Waals surface area (Å²) in [7, 11) is 4.15. The number of nitrogens with zero attached hydrogens (tertiary/aromatic N) is 2. The van der Waals surface area contributed by atoms with E-state index in [9.17, 15) is 4.79 Å². The number of carbonyl (C=O) groups is 1. The first-order valence-electron chi connectivity index (χ1n) is 7.72. The van der Waals surface area contributed by atoms with Crippen LogP contribution in [0.3, 0.4) is 0 Å². The van der Waals surface area contributed by atoms with E-state index in [0.717, 1.165) is 38.9 Å². The average Bonchev–Trinajstić information content (AvgIpc) is 2.45. The zero-order chi connectivity index (χ0) is 13.7. The maximum absolute atomic E-state index is 12.5. The van der Waals surface area contributed by atoms with E-state index in [4.69, 9.17) is 4.74 Å². The number of morpholine rings is 1. The van der Waals surface area contributed by atoms with E-state index >= 15 is 0 Å². The van der Waals surface area contributed by atoms with Crippen LogP contribution in [0.15, 0.2) is 0 Å². The molecule has 0 radical (unpaired) electrons. The van der Waals surface area contributed by atoms with Crippen LogP contribution in [0.1, 0.15) is 38.5 Å². The lowest BCUT2D eigenvalue weighted by molar-refractivity contribution is -0.144. The molecular formula is C15H28N2O2. The van der Waals surface area contributed by atoms with Crippen molar-refractivity contribution >= 4 is 5.91 Å². The van der Waals surface area contributed by atoms with Crippen molar-refractivity contribution in [1.29, 1.82) is 0 Å².